The number of rotatable bonds is 4. The predicted octanol–water partition coefficient (Wildman–Crippen LogP) is 2.27. The van der Waals surface area contributed by atoms with Crippen LogP contribution in [0.3, 0.4) is 0 Å². The molecule has 1 aliphatic heterocycles. The van der Waals surface area contributed by atoms with E-state index in [0.717, 1.165) is 37.4 Å². The van der Waals surface area contributed by atoms with Gasteiger partial charge in [0.15, 0.2) is 0 Å². The summed E-state index contributed by atoms with van der Waals surface area (Å²) in [5.74, 6) is 1.41. The second-order valence-corrected chi connectivity index (χ2v) is 5.51. The van der Waals surface area contributed by atoms with Crippen LogP contribution in [0.1, 0.15) is 18.5 Å². The van der Waals surface area contributed by atoms with Gasteiger partial charge < -0.3 is 15.0 Å². The van der Waals surface area contributed by atoms with Crippen molar-refractivity contribution in [1.29, 1.82) is 0 Å². The van der Waals surface area contributed by atoms with Crippen LogP contribution in [0.15, 0.2) is 30.7 Å². The first-order valence-electron chi connectivity index (χ1n) is 7.55. The van der Waals surface area contributed by atoms with E-state index in [1.165, 1.54) is 12.0 Å². The molecule has 1 N–H and O–H groups in total. The van der Waals surface area contributed by atoms with E-state index in [1.54, 1.807) is 7.11 Å². The van der Waals surface area contributed by atoms with Gasteiger partial charge >= 0.3 is 0 Å². The second kappa shape index (κ2) is 6.60. The molecule has 0 amide bonds. The van der Waals surface area contributed by atoms with E-state index in [-0.39, 0.29) is 0 Å². The zero-order chi connectivity index (χ0) is 15.4. The lowest BCUT2D eigenvalue weighted by Crippen LogP contribution is -2.39. The molecule has 0 spiro atoms. The first kappa shape index (κ1) is 14.6. The van der Waals surface area contributed by atoms with Crippen molar-refractivity contribution in [3.8, 4) is 5.88 Å². The summed E-state index contributed by atoms with van der Waals surface area (Å²) < 4.78 is 5.12. The summed E-state index contributed by atoms with van der Waals surface area (Å²) in [6.07, 6.45) is 5.56. The van der Waals surface area contributed by atoms with Crippen LogP contribution < -0.4 is 15.0 Å². The van der Waals surface area contributed by atoms with Gasteiger partial charge in [-0.3, -0.25) is 4.98 Å². The molecule has 1 saturated heterocycles. The van der Waals surface area contributed by atoms with Gasteiger partial charge in [-0.15, -0.1) is 0 Å². The van der Waals surface area contributed by atoms with Crippen molar-refractivity contribution in [2.24, 2.45) is 0 Å². The van der Waals surface area contributed by atoms with Crippen LogP contribution in [0.2, 0.25) is 0 Å². The van der Waals surface area contributed by atoms with E-state index in [9.17, 15) is 0 Å². The van der Waals surface area contributed by atoms with Crippen molar-refractivity contribution in [2.45, 2.75) is 25.8 Å². The average Bonchev–Trinajstić information content (AvgIpc) is 2.56. The standard InChI is InChI=1S/C16H21N5O/c1-12-9-14(3-6-17-12)21-7-4-13(5-8-21)20-15-10-16(22-2)19-11-18-15/h3,6,9-11,13H,4-5,7-8H2,1-2H3,(H,18,19,20). The molecule has 2 aromatic heterocycles. The molecule has 3 heterocycles. The summed E-state index contributed by atoms with van der Waals surface area (Å²) >= 11 is 0. The Balaban J connectivity index is 1.57. The molecule has 0 aliphatic carbocycles. The van der Waals surface area contributed by atoms with E-state index < -0.39 is 0 Å². The molecular weight excluding hydrogens is 278 g/mol. The zero-order valence-electron chi connectivity index (χ0n) is 13.0. The van der Waals surface area contributed by atoms with Gasteiger partial charge in [0.2, 0.25) is 5.88 Å². The van der Waals surface area contributed by atoms with Crippen LogP contribution in [0.25, 0.3) is 0 Å². The maximum atomic E-state index is 5.12. The number of hydrogen-bond acceptors (Lipinski definition) is 6. The van der Waals surface area contributed by atoms with Crippen molar-refractivity contribution in [3.63, 3.8) is 0 Å². The molecule has 22 heavy (non-hydrogen) atoms. The van der Waals surface area contributed by atoms with Gasteiger partial charge in [-0.05, 0) is 31.9 Å². The quantitative estimate of drug-likeness (QED) is 0.934. The molecule has 0 unspecified atom stereocenters. The lowest BCUT2D eigenvalue weighted by molar-refractivity contribution is 0.397. The van der Waals surface area contributed by atoms with Gasteiger partial charge in [0.05, 0.1) is 7.11 Å². The molecule has 3 rings (SSSR count). The molecule has 0 bridgehead atoms. The van der Waals surface area contributed by atoms with Crippen LogP contribution in [0.4, 0.5) is 11.5 Å². The van der Waals surface area contributed by atoms with Crippen LogP contribution >= 0.6 is 0 Å². The molecular formula is C16H21N5O. The smallest absolute Gasteiger partial charge is 0.218 e. The second-order valence-electron chi connectivity index (χ2n) is 5.51. The van der Waals surface area contributed by atoms with E-state index in [0.29, 0.717) is 11.9 Å². The monoisotopic (exact) mass is 299 g/mol. The first-order chi connectivity index (χ1) is 10.7. The number of anilines is 2. The molecule has 116 valence electrons. The SMILES string of the molecule is COc1cc(NC2CCN(c3ccnc(C)c3)CC2)ncn1. The molecule has 1 aliphatic rings. The Morgan fingerprint density at radius 3 is 2.73 bits per heavy atom. The largest absolute Gasteiger partial charge is 0.481 e. The normalized spacial score (nSPS) is 15.6. The van der Waals surface area contributed by atoms with Crippen LogP contribution in [-0.4, -0.2) is 41.2 Å². The van der Waals surface area contributed by atoms with Gasteiger partial charge in [-0.25, -0.2) is 9.97 Å². The van der Waals surface area contributed by atoms with Crippen molar-refractivity contribution >= 4 is 11.5 Å². The van der Waals surface area contributed by atoms with Crippen molar-refractivity contribution < 1.29 is 4.74 Å². The number of hydrogen-bond donors (Lipinski definition) is 1. The summed E-state index contributed by atoms with van der Waals surface area (Å²) in [5.41, 5.74) is 2.32. The fraction of sp³-hybridized carbons (Fsp3) is 0.438. The van der Waals surface area contributed by atoms with Gasteiger partial charge in [0.25, 0.3) is 0 Å². The first-order valence-corrected chi connectivity index (χ1v) is 7.55. The maximum absolute atomic E-state index is 5.12. The third-order valence-electron chi connectivity index (χ3n) is 3.94. The minimum Gasteiger partial charge on any atom is -0.481 e. The van der Waals surface area contributed by atoms with Crippen LogP contribution in [0, 0.1) is 6.92 Å². The predicted molar refractivity (Wildman–Crippen MR) is 86.4 cm³/mol. The Kier molecular flexibility index (Phi) is 4.37. The minimum absolute atomic E-state index is 0.429. The Morgan fingerprint density at radius 1 is 1.18 bits per heavy atom. The number of ether oxygens (including phenoxy) is 1. The van der Waals surface area contributed by atoms with Crippen LogP contribution in [-0.2, 0) is 0 Å². The number of aryl methyl sites for hydroxylation is 1. The van der Waals surface area contributed by atoms with Gasteiger partial charge in [0, 0.05) is 42.8 Å². The average molecular weight is 299 g/mol. The number of pyridine rings is 1. The van der Waals surface area contributed by atoms with E-state index in [2.05, 4.69) is 37.3 Å². The topological polar surface area (TPSA) is 63.2 Å². The van der Waals surface area contributed by atoms with Gasteiger partial charge in [0.1, 0.15) is 12.1 Å². The highest BCUT2D eigenvalue weighted by Gasteiger charge is 2.20. The van der Waals surface area contributed by atoms with Gasteiger partial charge in [-0.2, -0.15) is 0 Å². The number of nitrogens with one attached hydrogen (secondary N) is 1. The number of aromatic nitrogens is 3. The van der Waals surface area contributed by atoms with Crippen molar-refractivity contribution in [2.75, 3.05) is 30.4 Å². The summed E-state index contributed by atoms with van der Waals surface area (Å²) in [5, 5.41) is 3.47. The highest BCUT2D eigenvalue weighted by atomic mass is 16.5. The molecule has 0 radical (unpaired) electrons. The molecule has 1 fully saturated rings. The van der Waals surface area contributed by atoms with Crippen molar-refractivity contribution in [3.05, 3.63) is 36.4 Å². The molecule has 2 aromatic rings. The third kappa shape index (κ3) is 3.44. The molecule has 0 aromatic carbocycles. The Morgan fingerprint density at radius 2 is 2.00 bits per heavy atom. The van der Waals surface area contributed by atoms with Crippen LogP contribution in [0.5, 0.6) is 5.88 Å². The summed E-state index contributed by atoms with van der Waals surface area (Å²) in [7, 11) is 1.61. The minimum atomic E-state index is 0.429. The molecule has 6 nitrogen and oxygen atoms in total. The lowest BCUT2D eigenvalue weighted by Gasteiger charge is -2.34. The molecule has 6 heteroatoms. The summed E-state index contributed by atoms with van der Waals surface area (Å²) in [6.45, 7) is 4.09. The van der Waals surface area contributed by atoms with E-state index >= 15 is 0 Å². The Bertz CT molecular complexity index is 625. The van der Waals surface area contributed by atoms with E-state index in [1.807, 2.05) is 19.2 Å². The number of methoxy groups -OCH3 is 1. The maximum Gasteiger partial charge on any atom is 0.218 e. The number of nitrogens with zero attached hydrogens (tertiary/aromatic N) is 4. The summed E-state index contributed by atoms with van der Waals surface area (Å²) in [4.78, 5) is 14.9. The fourth-order valence-corrected chi connectivity index (χ4v) is 2.75. The highest BCUT2D eigenvalue weighted by Crippen LogP contribution is 2.22. The third-order valence-corrected chi connectivity index (χ3v) is 3.94. The Labute approximate surface area is 130 Å². The Hall–Kier alpha value is -2.37. The summed E-state index contributed by atoms with van der Waals surface area (Å²) in [6, 6.07) is 6.48. The fourth-order valence-electron chi connectivity index (χ4n) is 2.75. The zero-order valence-corrected chi connectivity index (χ0v) is 13.0. The van der Waals surface area contributed by atoms with Gasteiger partial charge in [-0.1, -0.05) is 0 Å². The van der Waals surface area contributed by atoms with E-state index in [4.69, 9.17) is 4.74 Å². The lowest BCUT2D eigenvalue weighted by atomic mass is 10.0. The molecule has 0 atom stereocenters. The molecule has 0 saturated carbocycles. The highest BCUT2D eigenvalue weighted by molar-refractivity contribution is 5.47. The van der Waals surface area contributed by atoms with Crippen molar-refractivity contribution in [1.82, 2.24) is 15.0 Å². The number of piperidine rings is 1.